The molecule has 0 unspecified atom stereocenters. The molecule has 0 aliphatic heterocycles. The van der Waals surface area contributed by atoms with Crippen LogP contribution in [0.3, 0.4) is 0 Å². The zero-order chi connectivity index (χ0) is 10.1. The Morgan fingerprint density at radius 1 is 1.62 bits per heavy atom. The normalized spacial score (nSPS) is 11.3. The lowest BCUT2D eigenvalue weighted by atomic mass is 10.3. The number of aromatic nitrogens is 2. The molecule has 3 nitrogen and oxygen atoms in total. The summed E-state index contributed by atoms with van der Waals surface area (Å²) in [6, 6.07) is 2.64. The highest BCUT2D eigenvalue weighted by Crippen LogP contribution is 2.28. The van der Waals surface area contributed by atoms with Gasteiger partial charge in [0.25, 0.3) is 0 Å². The fourth-order valence-electron chi connectivity index (χ4n) is 0.891. The number of nitriles is 1. The van der Waals surface area contributed by atoms with Crippen molar-refractivity contribution in [3.63, 3.8) is 0 Å². The third-order valence-electron chi connectivity index (χ3n) is 1.53. The van der Waals surface area contributed by atoms with Crippen LogP contribution in [0.4, 0.5) is 13.2 Å². The summed E-state index contributed by atoms with van der Waals surface area (Å²) in [5.74, 6) is 0. The molecule has 0 radical (unpaired) electrons. The van der Waals surface area contributed by atoms with Gasteiger partial charge in [0, 0.05) is 7.05 Å². The summed E-state index contributed by atoms with van der Waals surface area (Å²) in [5, 5.41) is 11.5. The Bertz CT molecular complexity index is 345. The van der Waals surface area contributed by atoms with Crippen molar-refractivity contribution < 1.29 is 13.2 Å². The van der Waals surface area contributed by atoms with Gasteiger partial charge in [-0.05, 0) is 6.07 Å². The Hall–Kier alpha value is -1.51. The van der Waals surface area contributed by atoms with Gasteiger partial charge < -0.3 is 0 Å². The lowest BCUT2D eigenvalue weighted by molar-refractivity contribution is -0.141. The van der Waals surface area contributed by atoms with E-state index in [0.717, 1.165) is 10.7 Å². The Kier molecular flexibility index (Phi) is 2.28. The standard InChI is InChI=1S/C7H6F3N3/c1-13-5(2-3-11)4-6(12-13)7(8,9)10/h4H,2H2,1H3. The molecule has 1 rings (SSSR count). The first-order valence-electron chi connectivity index (χ1n) is 3.42. The van der Waals surface area contributed by atoms with Crippen molar-refractivity contribution in [2.75, 3.05) is 0 Å². The first-order valence-corrected chi connectivity index (χ1v) is 3.42. The van der Waals surface area contributed by atoms with Gasteiger partial charge in [0.05, 0.1) is 18.2 Å². The third kappa shape index (κ3) is 1.99. The SMILES string of the molecule is Cn1nc(C(F)(F)F)cc1CC#N. The Balaban J connectivity index is 3.04. The van der Waals surface area contributed by atoms with Crippen LogP contribution in [-0.4, -0.2) is 9.78 Å². The Labute approximate surface area is 72.4 Å². The summed E-state index contributed by atoms with van der Waals surface area (Å²) in [4.78, 5) is 0. The monoisotopic (exact) mass is 189 g/mol. The van der Waals surface area contributed by atoms with E-state index in [2.05, 4.69) is 5.10 Å². The molecule has 13 heavy (non-hydrogen) atoms. The van der Waals surface area contributed by atoms with Crippen LogP contribution in [0.2, 0.25) is 0 Å². The minimum atomic E-state index is -4.44. The van der Waals surface area contributed by atoms with Gasteiger partial charge in [0.15, 0.2) is 5.69 Å². The summed E-state index contributed by atoms with van der Waals surface area (Å²) >= 11 is 0. The maximum atomic E-state index is 12.1. The van der Waals surface area contributed by atoms with Crippen molar-refractivity contribution in [3.05, 3.63) is 17.5 Å². The summed E-state index contributed by atoms with van der Waals surface area (Å²) in [5.41, 5.74) is -0.699. The van der Waals surface area contributed by atoms with Gasteiger partial charge in [0.1, 0.15) is 0 Å². The zero-order valence-corrected chi connectivity index (χ0v) is 6.76. The summed E-state index contributed by atoms with van der Waals surface area (Å²) < 4.78 is 37.2. The summed E-state index contributed by atoms with van der Waals surface area (Å²) in [6.07, 6.45) is -4.51. The number of halogens is 3. The molecule has 0 amide bonds. The van der Waals surface area contributed by atoms with E-state index < -0.39 is 11.9 Å². The number of aryl methyl sites for hydroxylation is 1. The molecule has 0 aliphatic rings. The second-order valence-electron chi connectivity index (χ2n) is 2.48. The average molecular weight is 189 g/mol. The fourth-order valence-corrected chi connectivity index (χ4v) is 0.891. The molecule has 0 aromatic carbocycles. The van der Waals surface area contributed by atoms with Crippen LogP contribution in [0.25, 0.3) is 0 Å². The van der Waals surface area contributed by atoms with E-state index in [1.807, 2.05) is 0 Å². The van der Waals surface area contributed by atoms with Crippen LogP contribution in [0, 0.1) is 11.3 Å². The van der Waals surface area contributed by atoms with E-state index in [9.17, 15) is 13.2 Å². The molecule has 0 saturated heterocycles. The van der Waals surface area contributed by atoms with Crippen molar-refractivity contribution in [1.82, 2.24) is 9.78 Å². The lowest BCUT2D eigenvalue weighted by Crippen LogP contribution is -2.06. The van der Waals surface area contributed by atoms with Crippen molar-refractivity contribution in [2.45, 2.75) is 12.6 Å². The molecule has 0 spiro atoms. The maximum absolute atomic E-state index is 12.1. The number of hydrogen-bond acceptors (Lipinski definition) is 2. The maximum Gasteiger partial charge on any atom is 0.435 e. The van der Waals surface area contributed by atoms with E-state index in [1.165, 1.54) is 7.05 Å². The molecule has 0 bridgehead atoms. The quantitative estimate of drug-likeness (QED) is 0.671. The predicted octanol–water partition coefficient (Wildman–Crippen LogP) is 1.50. The van der Waals surface area contributed by atoms with Crippen LogP contribution in [0.15, 0.2) is 6.07 Å². The molecule has 70 valence electrons. The largest absolute Gasteiger partial charge is 0.435 e. The molecule has 1 aromatic heterocycles. The highest BCUT2D eigenvalue weighted by molar-refractivity contribution is 5.15. The molecular weight excluding hydrogens is 183 g/mol. The molecule has 0 aliphatic carbocycles. The molecule has 1 aromatic rings. The second kappa shape index (κ2) is 3.09. The predicted molar refractivity (Wildman–Crippen MR) is 37.5 cm³/mol. The second-order valence-corrected chi connectivity index (χ2v) is 2.48. The van der Waals surface area contributed by atoms with Crippen molar-refractivity contribution in [2.24, 2.45) is 7.05 Å². The van der Waals surface area contributed by atoms with Gasteiger partial charge in [-0.15, -0.1) is 0 Å². The lowest BCUT2D eigenvalue weighted by Gasteiger charge is -1.99. The van der Waals surface area contributed by atoms with E-state index >= 15 is 0 Å². The van der Waals surface area contributed by atoms with Crippen molar-refractivity contribution >= 4 is 0 Å². The number of alkyl halides is 3. The summed E-state index contributed by atoms with van der Waals surface area (Å²) in [6.45, 7) is 0. The minimum absolute atomic E-state index is 0.0699. The third-order valence-corrected chi connectivity index (χ3v) is 1.53. The molecular formula is C7H6F3N3. The van der Waals surface area contributed by atoms with Crippen molar-refractivity contribution in [1.29, 1.82) is 5.26 Å². The highest BCUT2D eigenvalue weighted by Gasteiger charge is 2.34. The van der Waals surface area contributed by atoms with E-state index in [1.54, 1.807) is 6.07 Å². The van der Waals surface area contributed by atoms with Gasteiger partial charge in [-0.25, -0.2) is 0 Å². The van der Waals surface area contributed by atoms with E-state index in [4.69, 9.17) is 5.26 Å². The zero-order valence-electron chi connectivity index (χ0n) is 6.76. The first-order chi connectivity index (χ1) is 5.95. The van der Waals surface area contributed by atoms with Crippen LogP contribution in [-0.2, 0) is 19.6 Å². The van der Waals surface area contributed by atoms with Gasteiger partial charge in [0.2, 0.25) is 0 Å². The number of rotatable bonds is 1. The Morgan fingerprint density at radius 3 is 2.62 bits per heavy atom. The van der Waals surface area contributed by atoms with Crippen LogP contribution < -0.4 is 0 Å². The molecule has 6 heteroatoms. The fraction of sp³-hybridized carbons (Fsp3) is 0.429. The molecule has 0 saturated carbocycles. The minimum Gasteiger partial charge on any atom is -0.271 e. The average Bonchev–Trinajstić information content (AvgIpc) is 2.32. The molecule has 1 heterocycles. The van der Waals surface area contributed by atoms with Gasteiger partial charge in [-0.2, -0.15) is 23.5 Å². The molecule has 0 N–H and O–H groups in total. The topological polar surface area (TPSA) is 41.6 Å². The Morgan fingerprint density at radius 2 is 2.23 bits per heavy atom. The van der Waals surface area contributed by atoms with Gasteiger partial charge >= 0.3 is 6.18 Å². The van der Waals surface area contributed by atoms with Crippen LogP contribution in [0.5, 0.6) is 0 Å². The number of hydrogen-bond donors (Lipinski definition) is 0. The molecule has 0 fully saturated rings. The van der Waals surface area contributed by atoms with Crippen molar-refractivity contribution in [3.8, 4) is 6.07 Å². The van der Waals surface area contributed by atoms with E-state index in [-0.39, 0.29) is 12.1 Å². The first kappa shape index (κ1) is 9.58. The number of nitrogens with zero attached hydrogens (tertiary/aromatic N) is 3. The summed E-state index contributed by atoms with van der Waals surface area (Å²) in [7, 11) is 1.38. The van der Waals surface area contributed by atoms with Gasteiger partial charge in [-0.1, -0.05) is 0 Å². The smallest absolute Gasteiger partial charge is 0.271 e. The molecule has 0 atom stereocenters. The van der Waals surface area contributed by atoms with Crippen LogP contribution in [0.1, 0.15) is 11.4 Å². The van der Waals surface area contributed by atoms with Crippen LogP contribution >= 0.6 is 0 Å². The van der Waals surface area contributed by atoms with E-state index in [0.29, 0.717) is 0 Å². The van der Waals surface area contributed by atoms with Gasteiger partial charge in [-0.3, -0.25) is 4.68 Å². The highest BCUT2D eigenvalue weighted by atomic mass is 19.4.